The van der Waals surface area contributed by atoms with Crippen LogP contribution < -0.4 is 5.32 Å². The van der Waals surface area contributed by atoms with Gasteiger partial charge in [0.2, 0.25) is 0 Å². The molecule has 21 heavy (non-hydrogen) atoms. The van der Waals surface area contributed by atoms with Crippen molar-refractivity contribution in [1.82, 2.24) is 10.2 Å². The minimum atomic E-state index is 0. The third-order valence-corrected chi connectivity index (χ3v) is 4.67. The van der Waals surface area contributed by atoms with Gasteiger partial charge in [-0.25, -0.2) is 0 Å². The number of hydrogen-bond donors (Lipinski definition) is 1. The molecule has 0 aliphatic carbocycles. The molecule has 0 spiro atoms. The van der Waals surface area contributed by atoms with Gasteiger partial charge < -0.3 is 5.32 Å². The molecule has 0 unspecified atom stereocenters. The summed E-state index contributed by atoms with van der Waals surface area (Å²) < 4.78 is 0. The number of hydrogen-bond acceptors (Lipinski definition) is 2. The van der Waals surface area contributed by atoms with Crippen molar-refractivity contribution in [2.45, 2.75) is 45.1 Å². The van der Waals surface area contributed by atoms with Crippen LogP contribution in [0.4, 0.5) is 0 Å². The first-order chi connectivity index (χ1) is 9.33. The smallest absolute Gasteiger partial charge is 0.0236 e. The summed E-state index contributed by atoms with van der Waals surface area (Å²) in [6, 6.07) is 7.11. The van der Waals surface area contributed by atoms with Gasteiger partial charge in [0.1, 0.15) is 0 Å². The van der Waals surface area contributed by atoms with Crippen LogP contribution in [0.1, 0.15) is 48.3 Å². The Labute approximate surface area is 141 Å². The maximum atomic E-state index is 3.48. The average molecular weight is 331 g/mol. The summed E-state index contributed by atoms with van der Waals surface area (Å²) in [5.74, 6) is 0.777. The zero-order valence-corrected chi connectivity index (χ0v) is 14.6. The van der Waals surface area contributed by atoms with E-state index >= 15 is 0 Å². The number of likely N-dealkylation sites (tertiary alicyclic amines) is 1. The van der Waals surface area contributed by atoms with Crippen molar-refractivity contribution in [1.29, 1.82) is 0 Å². The monoisotopic (exact) mass is 330 g/mol. The number of benzene rings is 1. The van der Waals surface area contributed by atoms with Gasteiger partial charge in [-0.3, -0.25) is 4.90 Å². The molecule has 0 atom stereocenters. The summed E-state index contributed by atoms with van der Waals surface area (Å²) in [4.78, 5) is 2.62. The highest BCUT2D eigenvalue weighted by Crippen LogP contribution is 2.30. The van der Waals surface area contributed by atoms with Crippen LogP contribution in [0.3, 0.4) is 0 Å². The van der Waals surface area contributed by atoms with E-state index in [1.54, 1.807) is 11.1 Å². The van der Waals surface area contributed by atoms with E-state index < -0.39 is 0 Å². The van der Waals surface area contributed by atoms with Gasteiger partial charge in [-0.15, -0.1) is 24.8 Å². The van der Waals surface area contributed by atoms with Gasteiger partial charge >= 0.3 is 0 Å². The lowest BCUT2D eigenvalue weighted by atomic mass is 9.86. The van der Waals surface area contributed by atoms with Gasteiger partial charge in [0, 0.05) is 6.54 Å². The van der Waals surface area contributed by atoms with E-state index in [1.807, 2.05) is 0 Å². The highest BCUT2D eigenvalue weighted by Gasteiger charge is 2.20. The lowest BCUT2D eigenvalue weighted by molar-refractivity contribution is 0.328. The standard InChI is InChI=1S/C17H26N2.2ClH/c1-14-4-5-16(13-19-10-2-3-11-19)17(12-14)15-6-8-18-9-7-15;;/h4-5,12,15,18H,2-3,6-11,13H2,1H3;2*1H. The van der Waals surface area contributed by atoms with Crippen LogP contribution in [0.15, 0.2) is 18.2 Å². The predicted molar refractivity (Wildman–Crippen MR) is 95.0 cm³/mol. The zero-order chi connectivity index (χ0) is 13.1. The molecule has 1 N–H and O–H groups in total. The molecular formula is C17H28Cl2N2. The van der Waals surface area contributed by atoms with Crippen molar-refractivity contribution in [3.8, 4) is 0 Å². The van der Waals surface area contributed by atoms with Gasteiger partial charge in [-0.1, -0.05) is 23.8 Å². The van der Waals surface area contributed by atoms with Crippen LogP contribution in [-0.4, -0.2) is 31.1 Å². The van der Waals surface area contributed by atoms with Crippen molar-refractivity contribution < 1.29 is 0 Å². The summed E-state index contributed by atoms with van der Waals surface area (Å²) in [6.07, 6.45) is 5.37. The molecule has 0 radical (unpaired) electrons. The average Bonchev–Trinajstić information content (AvgIpc) is 2.95. The number of nitrogens with one attached hydrogen (secondary N) is 1. The Morgan fingerprint density at radius 3 is 2.43 bits per heavy atom. The highest BCUT2D eigenvalue weighted by atomic mass is 35.5. The minimum Gasteiger partial charge on any atom is -0.317 e. The Balaban J connectivity index is 0.00000110. The first kappa shape index (κ1) is 18.8. The molecule has 2 nitrogen and oxygen atoms in total. The molecule has 2 aliphatic rings. The van der Waals surface area contributed by atoms with Crippen molar-refractivity contribution in [2.24, 2.45) is 0 Å². The quantitative estimate of drug-likeness (QED) is 0.904. The number of nitrogens with zero attached hydrogens (tertiary/aromatic N) is 1. The van der Waals surface area contributed by atoms with Crippen LogP contribution in [0.25, 0.3) is 0 Å². The number of rotatable bonds is 3. The Morgan fingerprint density at radius 1 is 1.10 bits per heavy atom. The molecule has 1 aromatic carbocycles. The molecule has 2 heterocycles. The largest absolute Gasteiger partial charge is 0.317 e. The minimum absolute atomic E-state index is 0. The molecule has 3 rings (SSSR count). The summed E-state index contributed by atoms with van der Waals surface area (Å²) in [5.41, 5.74) is 4.63. The van der Waals surface area contributed by atoms with Crippen LogP contribution >= 0.6 is 24.8 Å². The molecule has 120 valence electrons. The molecule has 2 aliphatic heterocycles. The Kier molecular flexibility index (Phi) is 8.04. The highest BCUT2D eigenvalue weighted by molar-refractivity contribution is 5.85. The molecule has 0 saturated carbocycles. The number of aryl methyl sites for hydroxylation is 1. The molecule has 0 aromatic heterocycles. The summed E-state index contributed by atoms with van der Waals surface area (Å²) in [5, 5.41) is 3.48. The Hall–Kier alpha value is -0.280. The third-order valence-electron chi connectivity index (χ3n) is 4.67. The Bertz CT molecular complexity index is 425. The van der Waals surface area contributed by atoms with E-state index in [-0.39, 0.29) is 24.8 Å². The van der Waals surface area contributed by atoms with Gasteiger partial charge in [-0.05, 0) is 75.8 Å². The van der Waals surface area contributed by atoms with E-state index in [4.69, 9.17) is 0 Å². The summed E-state index contributed by atoms with van der Waals surface area (Å²) in [7, 11) is 0. The number of piperidine rings is 1. The molecule has 0 amide bonds. The maximum Gasteiger partial charge on any atom is 0.0236 e. The number of halogens is 2. The predicted octanol–water partition coefficient (Wildman–Crippen LogP) is 3.90. The van der Waals surface area contributed by atoms with Crippen LogP contribution in [0, 0.1) is 6.92 Å². The van der Waals surface area contributed by atoms with Gasteiger partial charge in [0.25, 0.3) is 0 Å². The zero-order valence-electron chi connectivity index (χ0n) is 12.9. The van der Waals surface area contributed by atoms with E-state index in [0.717, 1.165) is 5.92 Å². The normalized spacial score (nSPS) is 19.9. The van der Waals surface area contributed by atoms with Gasteiger partial charge in [-0.2, -0.15) is 0 Å². The van der Waals surface area contributed by atoms with Crippen LogP contribution in [0.5, 0.6) is 0 Å². The van der Waals surface area contributed by atoms with Crippen molar-refractivity contribution in [2.75, 3.05) is 26.2 Å². The molecule has 0 bridgehead atoms. The fraction of sp³-hybridized carbons (Fsp3) is 0.647. The van der Waals surface area contributed by atoms with Crippen molar-refractivity contribution in [3.63, 3.8) is 0 Å². The lowest BCUT2D eigenvalue weighted by Crippen LogP contribution is -2.28. The SMILES string of the molecule is Cc1ccc(CN2CCCC2)c(C2CCNCC2)c1.Cl.Cl. The Morgan fingerprint density at radius 2 is 1.76 bits per heavy atom. The third kappa shape index (κ3) is 4.85. The summed E-state index contributed by atoms with van der Waals surface area (Å²) >= 11 is 0. The van der Waals surface area contributed by atoms with Gasteiger partial charge in [0.15, 0.2) is 0 Å². The van der Waals surface area contributed by atoms with E-state index in [0.29, 0.717) is 0 Å². The van der Waals surface area contributed by atoms with Crippen molar-refractivity contribution >= 4 is 24.8 Å². The van der Waals surface area contributed by atoms with E-state index in [1.165, 1.54) is 64.0 Å². The second kappa shape index (κ2) is 8.99. The summed E-state index contributed by atoms with van der Waals surface area (Å²) in [6.45, 7) is 8.34. The first-order valence-corrected chi connectivity index (χ1v) is 7.85. The molecule has 2 saturated heterocycles. The fourth-order valence-electron chi connectivity index (χ4n) is 3.55. The van der Waals surface area contributed by atoms with Gasteiger partial charge in [0.05, 0.1) is 0 Å². The fourth-order valence-corrected chi connectivity index (χ4v) is 3.55. The van der Waals surface area contributed by atoms with Crippen molar-refractivity contribution in [3.05, 3.63) is 34.9 Å². The van der Waals surface area contributed by atoms with E-state index in [9.17, 15) is 0 Å². The topological polar surface area (TPSA) is 15.3 Å². The van der Waals surface area contributed by atoms with E-state index in [2.05, 4.69) is 35.3 Å². The first-order valence-electron chi connectivity index (χ1n) is 7.85. The van der Waals surface area contributed by atoms with Crippen LogP contribution in [0.2, 0.25) is 0 Å². The lowest BCUT2D eigenvalue weighted by Gasteiger charge is -2.27. The second-order valence-corrected chi connectivity index (χ2v) is 6.21. The molecular weight excluding hydrogens is 303 g/mol. The maximum absolute atomic E-state index is 3.48. The second-order valence-electron chi connectivity index (χ2n) is 6.21. The molecule has 1 aromatic rings. The van der Waals surface area contributed by atoms with Crippen LogP contribution in [-0.2, 0) is 6.54 Å². The molecule has 2 fully saturated rings. The molecule has 4 heteroatoms.